The number of nitrogens with one attached hydrogen (secondary N) is 1. The summed E-state index contributed by atoms with van der Waals surface area (Å²) in [5.41, 5.74) is 0.193. The van der Waals surface area contributed by atoms with Gasteiger partial charge < -0.3 is 10.4 Å². The van der Waals surface area contributed by atoms with Crippen LogP contribution in [0.3, 0.4) is 0 Å². The van der Waals surface area contributed by atoms with Crippen molar-refractivity contribution in [1.82, 2.24) is 5.32 Å². The van der Waals surface area contributed by atoms with Gasteiger partial charge in [-0.05, 0) is 25.1 Å². The van der Waals surface area contributed by atoms with Crippen LogP contribution in [0.2, 0.25) is 5.02 Å². The highest BCUT2D eigenvalue weighted by molar-refractivity contribution is 6.33. The van der Waals surface area contributed by atoms with Crippen molar-refractivity contribution in [2.45, 2.75) is 13.0 Å². The molecule has 0 saturated carbocycles. The summed E-state index contributed by atoms with van der Waals surface area (Å²) in [5, 5.41) is 11.3. The molecule has 5 heteroatoms. The van der Waals surface area contributed by atoms with E-state index in [1.807, 2.05) is 0 Å². The van der Waals surface area contributed by atoms with Crippen LogP contribution in [0.5, 0.6) is 0 Å². The van der Waals surface area contributed by atoms with Crippen LogP contribution < -0.4 is 5.32 Å². The Kier molecular flexibility index (Phi) is 4.05. The van der Waals surface area contributed by atoms with Crippen LogP contribution in [0.1, 0.15) is 17.3 Å². The normalized spacial score (nSPS) is 12.3. The number of benzene rings is 1. The zero-order chi connectivity index (χ0) is 11.4. The molecule has 15 heavy (non-hydrogen) atoms. The standard InChI is InChI=1S/C10H11ClFNO2/c1-6(5-14)13-10(15)8-3-2-7(12)4-9(8)11/h2-4,6,14H,5H2,1H3,(H,13,15)/t6-/m1/s1. The largest absolute Gasteiger partial charge is 0.394 e. The lowest BCUT2D eigenvalue weighted by Crippen LogP contribution is -2.35. The van der Waals surface area contributed by atoms with Gasteiger partial charge >= 0.3 is 0 Å². The SMILES string of the molecule is C[C@H](CO)NC(=O)c1ccc(F)cc1Cl. The fraction of sp³-hybridized carbons (Fsp3) is 0.300. The van der Waals surface area contributed by atoms with E-state index in [1.54, 1.807) is 6.92 Å². The minimum atomic E-state index is -0.494. The lowest BCUT2D eigenvalue weighted by Gasteiger charge is -2.11. The number of rotatable bonds is 3. The number of hydrogen-bond acceptors (Lipinski definition) is 2. The first-order valence-corrected chi connectivity index (χ1v) is 4.79. The second-order valence-electron chi connectivity index (χ2n) is 3.18. The lowest BCUT2D eigenvalue weighted by molar-refractivity contribution is 0.0922. The van der Waals surface area contributed by atoms with Crippen molar-refractivity contribution in [1.29, 1.82) is 0 Å². The van der Waals surface area contributed by atoms with E-state index in [9.17, 15) is 9.18 Å². The van der Waals surface area contributed by atoms with Crippen LogP contribution in [0.25, 0.3) is 0 Å². The molecule has 0 unspecified atom stereocenters. The summed E-state index contributed by atoms with van der Waals surface area (Å²) in [6.07, 6.45) is 0. The molecule has 1 aromatic rings. The number of halogens is 2. The Hall–Kier alpha value is -1.13. The van der Waals surface area contributed by atoms with Gasteiger partial charge in [-0.3, -0.25) is 4.79 Å². The molecule has 0 bridgehead atoms. The Morgan fingerprint density at radius 2 is 2.33 bits per heavy atom. The van der Waals surface area contributed by atoms with Gasteiger partial charge in [0.1, 0.15) is 5.82 Å². The van der Waals surface area contributed by atoms with E-state index >= 15 is 0 Å². The minimum absolute atomic E-state index is 0.0534. The summed E-state index contributed by atoms with van der Waals surface area (Å²) in [6.45, 7) is 1.49. The molecule has 0 aliphatic heterocycles. The summed E-state index contributed by atoms with van der Waals surface area (Å²) >= 11 is 5.69. The molecular weight excluding hydrogens is 221 g/mol. The molecule has 1 aromatic carbocycles. The smallest absolute Gasteiger partial charge is 0.253 e. The predicted octanol–water partition coefficient (Wildman–Crippen LogP) is 1.59. The molecule has 1 rings (SSSR count). The van der Waals surface area contributed by atoms with Gasteiger partial charge in [0.05, 0.1) is 17.2 Å². The summed E-state index contributed by atoms with van der Waals surface area (Å²) in [6, 6.07) is 3.17. The quantitative estimate of drug-likeness (QED) is 0.830. The Balaban J connectivity index is 2.82. The molecule has 82 valence electrons. The van der Waals surface area contributed by atoms with Crippen molar-refractivity contribution in [2.75, 3.05) is 6.61 Å². The molecular formula is C10H11ClFNO2. The first-order valence-electron chi connectivity index (χ1n) is 4.41. The van der Waals surface area contributed by atoms with Crippen molar-refractivity contribution in [3.05, 3.63) is 34.6 Å². The van der Waals surface area contributed by atoms with Crippen LogP contribution in [0.15, 0.2) is 18.2 Å². The molecule has 0 saturated heterocycles. The molecule has 0 aromatic heterocycles. The molecule has 2 N–H and O–H groups in total. The second-order valence-corrected chi connectivity index (χ2v) is 3.59. The Labute approximate surface area is 91.9 Å². The van der Waals surface area contributed by atoms with E-state index in [4.69, 9.17) is 16.7 Å². The minimum Gasteiger partial charge on any atom is -0.394 e. The number of amides is 1. The second kappa shape index (κ2) is 5.09. The van der Waals surface area contributed by atoms with Crippen molar-refractivity contribution < 1.29 is 14.3 Å². The highest BCUT2D eigenvalue weighted by Crippen LogP contribution is 2.17. The van der Waals surface area contributed by atoms with Crippen LogP contribution in [0, 0.1) is 5.82 Å². The van der Waals surface area contributed by atoms with Crippen molar-refractivity contribution >= 4 is 17.5 Å². The van der Waals surface area contributed by atoms with E-state index < -0.39 is 11.7 Å². The summed E-state index contributed by atoms with van der Waals surface area (Å²) in [4.78, 5) is 11.5. The van der Waals surface area contributed by atoms with Crippen LogP contribution in [-0.2, 0) is 0 Å². The zero-order valence-corrected chi connectivity index (χ0v) is 8.88. The molecule has 0 heterocycles. The van der Waals surface area contributed by atoms with Gasteiger partial charge in [0.2, 0.25) is 0 Å². The summed E-state index contributed by atoms with van der Waals surface area (Å²) < 4.78 is 12.7. The molecule has 0 spiro atoms. The third kappa shape index (κ3) is 3.18. The Bertz CT molecular complexity index is 370. The molecule has 0 aliphatic carbocycles. The third-order valence-corrected chi connectivity index (χ3v) is 2.14. The number of carbonyl (C=O) groups excluding carboxylic acids is 1. The first-order chi connectivity index (χ1) is 7.04. The van der Waals surface area contributed by atoms with Crippen LogP contribution in [-0.4, -0.2) is 23.7 Å². The van der Waals surface area contributed by atoms with Gasteiger partial charge in [0.25, 0.3) is 5.91 Å². The summed E-state index contributed by atoms with van der Waals surface area (Å²) in [7, 11) is 0. The van der Waals surface area contributed by atoms with Crippen molar-refractivity contribution in [2.24, 2.45) is 0 Å². The van der Waals surface area contributed by atoms with Gasteiger partial charge in [-0.2, -0.15) is 0 Å². The highest BCUT2D eigenvalue weighted by Gasteiger charge is 2.12. The molecule has 3 nitrogen and oxygen atoms in total. The number of carbonyl (C=O) groups is 1. The van der Waals surface area contributed by atoms with Gasteiger partial charge in [-0.15, -0.1) is 0 Å². The maximum Gasteiger partial charge on any atom is 0.253 e. The maximum atomic E-state index is 12.7. The molecule has 0 aliphatic rings. The molecule has 1 atom stereocenters. The zero-order valence-electron chi connectivity index (χ0n) is 8.13. The number of hydrogen-bond donors (Lipinski definition) is 2. The predicted molar refractivity (Wildman–Crippen MR) is 55.4 cm³/mol. The van der Waals surface area contributed by atoms with E-state index in [1.165, 1.54) is 6.07 Å². The molecule has 0 fully saturated rings. The van der Waals surface area contributed by atoms with Gasteiger partial charge in [0, 0.05) is 6.04 Å². The monoisotopic (exact) mass is 231 g/mol. The van der Waals surface area contributed by atoms with Gasteiger partial charge in [-0.25, -0.2) is 4.39 Å². The van der Waals surface area contributed by atoms with Crippen LogP contribution in [0.4, 0.5) is 4.39 Å². The van der Waals surface area contributed by atoms with Crippen LogP contribution >= 0.6 is 11.6 Å². The average molecular weight is 232 g/mol. The fourth-order valence-electron chi connectivity index (χ4n) is 1.02. The first kappa shape index (κ1) is 11.9. The van der Waals surface area contributed by atoms with Gasteiger partial charge in [0.15, 0.2) is 0 Å². The number of aliphatic hydroxyl groups is 1. The third-order valence-electron chi connectivity index (χ3n) is 1.83. The Morgan fingerprint density at radius 1 is 1.67 bits per heavy atom. The average Bonchev–Trinajstić information content (AvgIpc) is 2.17. The maximum absolute atomic E-state index is 12.7. The fourth-order valence-corrected chi connectivity index (χ4v) is 1.27. The molecule has 0 radical (unpaired) electrons. The van der Waals surface area contributed by atoms with Gasteiger partial charge in [-0.1, -0.05) is 11.6 Å². The van der Waals surface area contributed by atoms with E-state index in [-0.39, 0.29) is 23.2 Å². The topological polar surface area (TPSA) is 49.3 Å². The Morgan fingerprint density at radius 3 is 2.87 bits per heavy atom. The van der Waals surface area contributed by atoms with E-state index in [2.05, 4.69) is 5.32 Å². The lowest BCUT2D eigenvalue weighted by atomic mass is 10.2. The van der Waals surface area contributed by atoms with E-state index in [0.29, 0.717) is 0 Å². The van der Waals surface area contributed by atoms with Crippen molar-refractivity contribution in [3.63, 3.8) is 0 Å². The summed E-state index contributed by atoms with van der Waals surface area (Å²) in [5.74, 6) is -0.923. The molecule has 1 amide bonds. The number of aliphatic hydroxyl groups excluding tert-OH is 1. The van der Waals surface area contributed by atoms with E-state index in [0.717, 1.165) is 12.1 Å². The van der Waals surface area contributed by atoms with Crippen molar-refractivity contribution in [3.8, 4) is 0 Å². The highest BCUT2D eigenvalue weighted by atomic mass is 35.5.